The van der Waals surface area contributed by atoms with Crippen LogP contribution >= 0.6 is 0 Å². The van der Waals surface area contributed by atoms with E-state index in [9.17, 15) is 0 Å². The summed E-state index contributed by atoms with van der Waals surface area (Å²) >= 11 is 0. The number of aromatic nitrogens is 1. The van der Waals surface area contributed by atoms with E-state index in [0.29, 0.717) is 0 Å². The Balaban J connectivity index is 1.06. The van der Waals surface area contributed by atoms with E-state index < -0.39 is 0 Å². The standard InChI is InChI=1S/C64H42N2/c1-4-15-43(16-5-1)44-27-29-45(30-28-44)46-31-37-51(38-32-46)65(64-52(47-17-6-2-7-18-47)23-14-24-53(64)48-19-8-3-9-20-48)60-41-35-49-34-40-57-61(42-36-50-33-39-56(60)62(49)63(50)57)66-58-25-12-10-21-54(58)55-22-11-13-26-59(55)66/h1-42H. The molecule has 0 amide bonds. The molecule has 1 heterocycles. The molecule has 0 saturated carbocycles. The minimum absolute atomic E-state index is 1.08. The SMILES string of the molecule is c1ccc(-c2ccc(-c3ccc(N(c4c(-c5ccccc5)cccc4-c4ccccc4)c4ccc5ccc6c(-n7c8ccccc8c8ccccc87)ccc7ccc4c5c76)cc3)cc2)cc1. The quantitative estimate of drug-likeness (QED) is 0.138. The lowest BCUT2D eigenvalue weighted by Crippen LogP contribution is -2.13. The highest BCUT2D eigenvalue weighted by atomic mass is 15.1. The molecule has 2 heteroatoms. The topological polar surface area (TPSA) is 8.17 Å². The molecule has 0 saturated heterocycles. The van der Waals surface area contributed by atoms with E-state index in [0.717, 1.165) is 28.2 Å². The third kappa shape index (κ3) is 6.11. The maximum Gasteiger partial charge on any atom is 0.0618 e. The lowest BCUT2D eigenvalue weighted by Gasteiger charge is -2.32. The van der Waals surface area contributed by atoms with Gasteiger partial charge in [-0.05, 0) is 91.3 Å². The Morgan fingerprint density at radius 2 is 0.697 bits per heavy atom. The van der Waals surface area contributed by atoms with Crippen molar-refractivity contribution in [1.82, 2.24) is 4.57 Å². The second kappa shape index (κ2) is 15.5. The summed E-state index contributed by atoms with van der Waals surface area (Å²) in [4.78, 5) is 2.52. The van der Waals surface area contributed by atoms with Crippen LogP contribution in [-0.4, -0.2) is 4.57 Å². The van der Waals surface area contributed by atoms with E-state index in [1.165, 1.54) is 93.2 Å². The van der Waals surface area contributed by atoms with Crippen molar-refractivity contribution in [1.29, 1.82) is 0 Å². The third-order valence-corrected chi connectivity index (χ3v) is 13.6. The molecule has 0 unspecified atom stereocenters. The molecule has 0 radical (unpaired) electrons. The molecule has 13 rings (SSSR count). The predicted octanol–water partition coefficient (Wildman–Crippen LogP) is 17.8. The average molecular weight is 839 g/mol. The van der Waals surface area contributed by atoms with Crippen molar-refractivity contribution in [2.24, 2.45) is 0 Å². The van der Waals surface area contributed by atoms with Gasteiger partial charge in [-0.3, -0.25) is 0 Å². The van der Waals surface area contributed by atoms with E-state index in [1.807, 2.05) is 0 Å². The first-order chi connectivity index (χ1) is 32.8. The first kappa shape index (κ1) is 37.8. The van der Waals surface area contributed by atoms with Gasteiger partial charge in [0.15, 0.2) is 0 Å². The molecule has 0 spiro atoms. The second-order valence-electron chi connectivity index (χ2n) is 17.2. The van der Waals surface area contributed by atoms with Crippen molar-refractivity contribution >= 4 is 71.2 Å². The second-order valence-corrected chi connectivity index (χ2v) is 17.2. The van der Waals surface area contributed by atoms with E-state index in [2.05, 4.69) is 264 Å². The van der Waals surface area contributed by atoms with Crippen molar-refractivity contribution in [3.05, 3.63) is 255 Å². The van der Waals surface area contributed by atoms with Crippen LogP contribution < -0.4 is 4.90 Å². The number of rotatable bonds is 8. The summed E-state index contributed by atoms with van der Waals surface area (Å²) in [6.45, 7) is 0. The lowest BCUT2D eigenvalue weighted by atomic mass is 9.90. The minimum Gasteiger partial charge on any atom is -0.309 e. The fourth-order valence-electron chi connectivity index (χ4n) is 10.5. The molecule has 2 nitrogen and oxygen atoms in total. The highest BCUT2D eigenvalue weighted by Crippen LogP contribution is 2.50. The summed E-state index contributed by atoms with van der Waals surface area (Å²) < 4.78 is 2.46. The average Bonchev–Trinajstić information content (AvgIpc) is 3.73. The minimum atomic E-state index is 1.08. The Labute approximate surface area is 383 Å². The molecular formula is C64H42N2. The van der Waals surface area contributed by atoms with Crippen LogP contribution in [0.5, 0.6) is 0 Å². The van der Waals surface area contributed by atoms with Gasteiger partial charge in [0.05, 0.1) is 28.1 Å². The number of benzene rings is 12. The molecule has 12 aromatic carbocycles. The predicted molar refractivity (Wildman–Crippen MR) is 281 cm³/mol. The van der Waals surface area contributed by atoms with Gasteiger partial charge in [-0.25, -0.2) is 0 Å². The molecule has 0 N–H and O–H groups in total. The van der Waals surface area contributed by atoms with Crippen LogP contribution in [0.1, 0.15) is 0 Å². The van der Waals surface area contributed by atoms with Crippen LogP contribution in [0.15, 0.2) is 255 Å². The zero-order valence-corrected chi connectivity index (χ0v) is 36.1. The van der Waals surface area contributed by atoms with Gasteiger partial charge < -0.3 is 9.47 Å². The van der Waals surface area contributed by atoms with Crippen molar-refractivity contribution < 1.29 is 0 Å². The molecule has 13 aromatic rings. The highest BCUT2D eigenvalue weighted by molar-refractivity contribution is 6.28. The summed E-state index contributed by atoms with van der Waals surface area (Å²) in [5.74, 6) is 0. The van der Waals surface area contributed by atoms with Crippen LogP contribution in [0.25, 0.3) is 104 Å². The highest BCUT2D eigenvalue weighted by Gasteiger charge is 2.25. The van der Waals surface area contributed by atoms with Crippen molar-refractivity contribution in [3.8, 4) is 50.2 Å². The molecule has 66 heavy (non-hydrogen) atoms. The fourth-order valence-corrected chi connectivity index (χ4v) is 10.5. The molecule has 0 fully saturated rings. The van der Waals surface area contributed by atoms with Gasteiger partial charge in [0.1, 0.15) is 0 Å². The summed E-state index contributed by atoms with van der Waals surface area (Å²) in [5.41, 5.74) is 16.4. The van der Waals surface area contributed by atoms with Crippen molar-refractivity contribution in [3.63, 3.8) is 0 Å². The van der Waals surface area contributed by atoms with E-state index >= 15 is 0 Å². The van der Waals surface area contributed by atoms with Gasteiger partial charge in [-0.1, -0.05) is 218 Å². The zero-order valence-electron chi connectivity index (χ0n) is 36.1. The number of para-hydroxylation sites is 3. The number of anilines is 3. The van der Waals surface area contributed by atoms with Crippen LogP contribution in [0.3, 0.4) is 0 Å². The largest absolute Gasteiger partial charge is 0.309 e. The molecule has 0 aliphatic rings. The Morgan fingerprint density at radius 1 is 0.273 bits per heavy atom. The summed E-state index contributed by atoms with van der Waals surface area (Å²) in [6.07, 6.45) is 0. The van der Waals surface area contributed by atoms with Crippen molar-refractivity contribution in [2.75, 3.05) is 4.90 Å². The molecule has 0 atom stereocenters. The molecule has 0 aliphatic carbocycles. The third-order valence-electron chi connectivity index (χ3n) is 13.6. The lowest BCUT2D eigenvalue weighted by molar-refractivity contribution is 1.20. The fraction of sp³-hybridized carbons (Fsp3) is 0. The normalized spacial score (nSPS) is 11.6. The number of hydrogen-bond donors (Lipinski definition) is 0. The number of nitrogens with zero attached hydrogens (tertiary/aromatic N) is 2. The smallest absolute Gasteiger partial charge is 0.0618 e. The van der Waals surface area contributed by atoms with Gasteiger partial charge in [0.2, 0.25) is 0 Å². The van der Waals surface area contributed by atoms with Crippen LogP contribution in [0.4, 0.5) is 17.1 Å². The Morgan fingerprint density at radius 3 is 1.26 bits per heavy atom. The zero-order chi connectivity index (χ0) is 43.6. The number of hydrogen-bond acceptors (Lipinski definition) is 1. The Kier molecular flexibility index (Phi) is 8.89. The van der Waals surface area contributed by atoms with Gasteiger partial charge in [-0.15, -0.1) is 0 Å². The van der Waals surface area contributed by atoms with Crippen LogP contribution in [0.2, 0.25) is 0 Å². The maximum absolute atomic E-state index is 2.52. The molecule has 0 bridgehead atoms. The van der Waals surface area contributed by atoms with Gasteiger partial charge in [0, 0.05) is 38.4 Å². The Bertz CT molecular complexity index is 3780. The Hall–Kier alpha value is -8.72. The van der Waals surface area contributed by atoms with Crippen molar-refractivity contribution in [2.45, 2.75) is 0 Å². The summed E-state index contributed by atoms with van der Waals surface area (Å²) in [5, 5.41) is 9.96. The van der Waals surface area contributed by atoms with E-state index in [1.54, 1.807) is 0 Å². The molecule has 1 aromatic heterocycles. The maximum atomic E-state index is 2.52. The van der Waals surface area contributed by atoms with E-state index in [4.69, 9.17) is 0 Å². The van der Waals surface area contributed by atoms with Gasteiger partial charge >= 0.3 is 0 Å². The molecule has 0 aliphatic heterocycles. The molecule has 308 valence electrons. The first-order valence-corrected chi connectivity index (χ1v) is 22.8. The number of fused-ring (bicyclic) bond motifs is 3. The summed E-state index contributed by atoms with van der Waals surface area (Å²) in [7, 11) is 0. The van der Waals surface area contributed by atoms with Gasteiger partial charge in [-0.2, -0.15) is 0 Å². The van der Waals surface area contributed by atoms with Gasteiger partial charge in [0.25, 0.3) is 0 Å². The van der Waals surface area contributed by atoms with Crippen LogP contribution in [0, 0.1) is 0 Å². The first-order valence-electron chi connectivity index (χ1n) is 22.8. The molecular weight excluding hydrogens is 797 g/mol. The summed E-state index contributed by atoms with van der Waals surface area (Å²) in [6, 6.07) is 93.3. The van der Waals surface area contributed by atoms with Crippen LogP contribution in [-0.2, 0) is 0 Å². The van der Waals surface area contributed by atoms with E-state index in [-0.39, 0.29) is 0 Å². The monoisotopic (exact) mass is 838 g/mol.